The Morgan fingerprint density at radius 3 is 3.00 bits per heavy atom. The number of ether oxygens (including phenoxy) is 1. The summed E-state index contributed by atoms with van der Waals surface area (Å²) < 4.78 is 5.11. The maximum atomic E-state index is 5.11. The van der Waals surface area contributed by atoms with Gasteiger partial charge in [-0.3, -0.25) is 0 Å². The molecule has 0 rings (SSSR count). The van der Waals surface area contributed by atoms with E-state index in [1.165, 1.54) is 0 Å². The van der Waals surface area contributed by atoms with E-state index in [0.717, 1.165) is 19.4 Å². The van der Waals surface area contributed by atoms with E-state index in [2.05, 4.69) is 34.5 Å². The van der Waals surface area contributed by atoms with Crippen molar-refractivity contribution in [2.24, 2.45) is 4.99 Å². The van der Waals surface area contributed by atoms with Crippen LogP contribution in [-0.2, 0) is 4.74 Å². The molecule has 0 heterocycles. The molecule has 2 nitrogen and oxygen atoms in total. The summed E-state index contributed by atoms with van der Waals surface area (Å²) in [6, 6.07) is 0. The number of nitrogens with zero attached hydrogens (tertiary/aromatic N) is 1. The van der Waals surface area contributed by atoms with Crippen molar-refractivity contribution < 1.29 is 4.74 Å². The van der Waals surface area contributed by atoms with E-state index in [4.69, 9.17) is 4.74 Å². The van der Waals surface area contributed by atoms with E-state index >= 15 is 0 Å². The summed E-state index contributed by atoms with van der Waals surface area (Å²) in [5, 5.41) is 0. The van der Waals surface area contributed by atoms with Crippen molar-refractivity contribution >= 4 is 20.8 Å². The molecule has 0 bridgehead atoms. The first-order chi connectivity index (χ1) is 5.31. The van der Waals surface area contributed by atoms with Crippen LogP contribution in [0.25, 0.3) is 0 Å². The van der Waals surface area contributed by atoms with Crippen molar-refractivity contribution in [3.8, 4) is 0 Å². The molecule has 63 valence electrons. The second-order valence-electron chi connectivity index (χ2n) is 2.10. The van der Waals surface area contributed by atoms with Crippen LogP contribution in [0.2, 0.25) is 0 Å². The Kier molecular flexibility index (Phi) is 7.64. The van der Waals surface area contributed by atoms with Gasteiger partial charge in [0.2, 0.25) is 0 Å². The molecular formula is C8H14NOSe. The molecule has 0 aromatic rings. The van der Waals surface area contributed by atoms with Crippen LogP contribution in [0.15, 0.2) is 17.6 Å². The van der Waals surface area contributed by atoms with Gasteiger partial charge in [-0.2, -0.15) is 0 Å². The second-order valence-corrected chi connectivity index (χ2v) is 2.83. The van der Waals surface area contributed by atoms with Gasteiger partial charge in [0.25, 0.3) is 0 Å². The van der Waals surface area contributed by atoms with E-state index in [1.807, 2.05) is 0 Å². The zero-order chi connectivity index (χ0) is 8.53. The number of rotatable bonds is 5. The molecule has 0 saturated heterocycles. The fourth-order valence-corrected chi connectivity index (χ4v) is 0.839. The summed E-state index contributed by atoms with van der Waals surface area (Å²) in [6.07, 6.45) is 3.98. The van der Waals surface area contributed by atoms with Crippen molar-refractivity contribution in [2.45, 2.75) is 19.8 Å². The fraction of sp³-hybridized carbons (Fsp3) is 0.625. The van der Waals surface area contributed by atoms with Gasteiger partial charge < -0.3 is 0 Å². The third kappa shape index (κ3) is 7.63. The first-order valence-corrected chi connectivity index (χ1v) is 4.62. The van der Waals surface area contributed by atoms with Gasteiger partial charge in [0.1, 0.15) is 0 Å². The predicted octanol–water partition coefficient (Wildman–Crippen LogP) is 1.51. The first kappa shape index (κ1) is 10.7. The molecule has 0 amide bonds. The zero-order valence-corrected chi connectivity index (χ0v) is 8.59. The normalized spacial score (nSPS) is 11.2. The summed E-state index contributed by atoms with van der Waals surface area (Å²) in [6.45, 7) is 7.04. The van der Waals surface area contributed by atoms with Crippen LogP contribution in [0.3, 0.4) is 0 Å². The van der Waals surface area contributed by atoms with E-state index in [-0.39, 0.29) is 0 Å². The van der Waals surface area contributed by atoms with E-state index < -0.39 is 0 Å². The van der Waals surface area contributed by atoms with Crippen LogP contribution < -0.4 is 0 Å². The van der Waals surface area contributed by atoms with Crippen molar-refractivity contribution in [3.05, 3.63) is 12.7 Å². The van der Waals surface area contributed by atoms with Crippen LogP contribution in [-0.4, -0.2) is 34.0 Å². The molecule has 0 saturated carbocycles. The quantitative estimate of drug-likeness (QED) is 0.226. The number of hydrogen-bond acceptors (Lipinski definition) is 2. The Hall–Kier alpha value is -0.271. The average Bonchev–Trinajstić information content (AvgIpc) is 2.01. The van der Waals surface area contributed by atoms with Crippen LogP contribution in [0.1, 0.15) is 19.8 Å². The molecule has 0 aliphatic heterocycles. The third-order valence-corrected chi connectivity index (χ3v) is 1.60. The van der Waals surface area contributed by atoms with Gasteiger partial charge in [-0.1, -0.05) is 0 Å². The topological polar surface area (TPSA) is 21.6 Å². The molecule has 0 unspecified atom stereocenters. The Bertz CT molecular complexity index is 134. The summed E-state index contributed by atoms with van der Waals surface area (Å²) in [7, 11) is 0. The number of hydrogen-bond donors (Lipinski definition) is 0. The molecule has 0 aliphatic rings. The summed E-state index contributed by atoms with van der Waals surface area (Å²) in [5.41, 5.74) is 0. The van der Waals surface area contributed by atoms with Crippen molar-refractivity contribution in [3.63, 3.8) is 0 Å². The fourth-order valence-electron chi connectivity index (χ4n) is 0.504. The average molecular weight is 219 g/mol. The number of unbranched alkanes of at least 4 members (excludes halogenated alkanes) is 1. The third-order valence-electron chi connectivity index (χ3n) is 1.08. The van der Waals surface area contributed by atoms with Gasteiger partial charge in [0.05, 0.1) is 0 Å². The number of aliphatic imine (C=N–C) groups is 1. The molecule has 0 N–H and O–H groups in total. The molecule has 0 spiro atoms. The summed E-state index contributed by atoms with van der Waals surface area (Å²) >= 11 is 2.75. The minimum absolute atomic E-state index is 0.526. The van der Waals surface area contributed by atoms with E-state index in [9.17, 15) is 0 Å². The van der Waals surface area contributed by atoms with Gasteiger partial charge in [0, 0.05) is 0 Å². The van der Waals surface area contributed by atoms with Crippen LogP contribution in [0.4, 0.5) is 0 Å². The molecule has 3 heteroatoms. The Morgan fingerprint density at radius 2 is 2.45 bits per heavy atom. The maximum absolute atomic E-state index is 5.11. The van der Waals surface area contributed by atoms with Gasteiger partial charge in [0.15, 0.2) is 0 Å². The van der Waals surface area contributed by atoms with Crippen LogP contribution in [0.5, 0.6) is 0 Å². The molecule has 0 aromatic heterocycles. The molecular weight excluding hydrogens is 205 g/mol. The Labute approximate surface area is 76.5 Å². The molecule has 1 radical (unpaired) electrons. The molecule has 0 aliphatic carbocycles. The standard InChI is InChI=1S/C8H14NOSe/c1-3-5-6-9-8(11)10-7-4-2/h4H,2-3,5-7H2,1H3. The molecule has 0 aromatic carbocycles. The van der Waals surface area contributed by atoms with Gasteiger partial charge >= 0.3 is 76.1 Å². The summed E-state index contributed by atoms with van der Waals surface area (Å²) in [4.78, 5) is 4.78. The van der Waals surface area contributed by atoms with Crippen LogP contribution in [0, 0.1) is 0 Å². The summed E-state index contributed by atoms with van der Waals surface area (Å²) in [5.74, 6) is 0. The first-order valence-electron chi connectivity index (χ1n) is 3.76. The van der Waals surface area contributed by atoms with Crippen molar-refractivity contribution in [1.29, 1.82) is 0 Å². The Balaban J connectivity index is 3.37. The second kappa shape index (κ2) is 7.83. The van der Waals surface area contributed by atoms with Crippen molar-refractivity contribution in [2.75, 3.05) is 13.2 Å². The van der Waals surface area contributed by atoms with Crippen LogP contribution >= 0.6 is 0 Å². The van der Waals surface area contributed by atoms with Crippen molar-refractivity contribution in [1.82, 2.24) is 0 Å². The minimum atomic E-state index is 0.526. The van der Waals surface area contributed by atoms with Gasteiger partial charge in [-0.15, -0.1) is 0 Å². The van der Waals surface area contributed by atoms with E-state index in [1.54, 1.807) is 6.08 Å². The molecule has 0 atom stereocenters. The van der Waals surface area contributed by atoms with Gasteiger partial charge in [-0.25, -0.2) is 0 Å². The zero-order valence-electron chi connectivity index (χ0n) is 6.88. The van der Waals surface area contributed by atoms with E-state index in [0.29, 0.717) is 11.4 Å². The SMILES string of the molecule is C=CCOC([Se])=NCCCC. The monoisotopic (exact) mass is 220 g/mol. The molecule has 11 heavy (non-hydrogen) atoms. The molecule has 0 fully saturated rings. The van der Waals surface area contributed by atoms with Gasteiger partial charge in [-0.05, 0) is 0 Å². The predicted molar refractivity (Wildman–Crippen MR) is 49.1 cm³/mol. The Morgan fingerprint density at radius 1 is 1.73 bits per heavy atom.